The first-order chi connectivity index (χ1) is 15.0. The molecule has 0 unspecified atom stereocenters. The fourth-order valence-corrected chi connectivity index (χ4v) is 4.67. The van der Waals surface area contributed by atoms with E-state index in [-0.39, 0.29) is 11.4 Å². The van der Waals surface area contributed by atoms with Gasteiger partial charge in [0.25, 0.3) is 5.56 Å². The van der Waals surface area contributed by atoms with Crippen molar-refractivity contribution < 1.29 is 4.39 Å². The summed E-state index contributed by atoms with van der Waals surface area (Å²) in [6.45, 7) is 9.50. The molecule has 2 heterocycles. The van der Waals surface area contributed by atoms with Gasteiger partial charge in [-0.3, -0.25) is 9.36 Å². The van der Waals surface area contributed by atoms with Gasteiger partial charge in [0.05, 0.1) is 10.9 Å². The molecule has 31 heavy (non-hydrogen) atoms. The molecule has 3 aromatic rings. The minimum absolute atomic E-state index is 0.0408. The molecule has 1 fully saturated rings. The van der Waals surface area contributed by atoms with Gasteiger partial charge < -0.3 is 4.90 Å². The topological polar surface area (TPSA) is 38.1 Å². The molecule has 1 aliphatic rings. The molecule has 1 aromatic heterocycles. The van der Waals surface area contributed by atoms with E-state index in [1.807, 2.05) is 22.8 Å². The number of hydrogen-bond donors (Lipinski definition) is 0. The van der Waals surface area contributed by atoms with Crippen LogP contribution in [0.15, 0.2) is 47.3 Å². The van der Waals surface area contributed by atoms with Crippen LogP contribution in [0.4, 0.5) is 4.39 Å². The van der Waals surface area contributed by atoms with Gasteiger partial charge in [0.1, 0.15) is 11.6 Å². The maximum atomic E-state index is 13.6. The van der Waals surface area contributed by atoms with Crippen LogP contribution >= 0.6 is 0 Å². The van der Waals surface area contributed by atoms with E-state index in [9.17, 15) is 9.18 Å². The van der Waals surface area contributed by atoms with Crippen molar-refractivity contribution in [3.63, 3.8) is 0 Å². The quantitative estimate of drug-likeness (QED) is 0.544. The van der Waals surface area contributed by atoms with Crippen molar-refractivity contribution in [1.82, 2.24) is 14.5 Å². The van der Waals surface area contributed by atoms with Crippen molar-refractivity contribution in [2.75, 3.05) is 13.1 Å². The van der Waals surface area contributed by atoms with Crippen molar-refractivity contribution in [1.29, 1.82) is 0 Å². The first-order valence-electron chi connectivity index (χ1n) is 11.5. The smallest absolute Gasteiger partial charge is 0.261 e. The average molecular weight is 422 g/mol. The fraction of sp³-hybridized carbons (Fsp3) is 0.462. The van der Waals surface area contributed by atoms with E-state index in [4.69, 9.17) is 4.98 Å². The number of likely N-dealkylation sites (tertiary alicyclic amines) is 1. The zero-order chi connectivity index (χ0) is 22.0. The first kappa shape index (κ1) is 21.7. The highest BCUT2D eigenvalue weighted by molar-refractivity contribution is 5.83. The van der Waals surface area contributed by atoms with E-state index in [0.717, 1.165) is 61.4 Å². The summed E-state index contributed by atoms with van der Waals surface area (Å²) in [6, 6.07) is 12.7. The molecule has 4 nitrogen and oxygen atoms in total. The van der Waals surface area contributed by atoms with Gasteiger partial charge in [-0.25, -0.2) is 9.37 Å². The van der Waals surface area contributed by atoms with E-state index in [1.54, 1.807) is 12.1 Å². The second-order valence-corrected chi connectivity index (χ2v) is 9.03. The summed E-state index contributed by atoms with van der Waals surface area (Å²) < 4.78 is 15.2. The van der Waals surface area contributed by atoms with E-state index < -0.39 is 0 Å². The molecule has 0 bridgehead atoms. The second kappa shape index (κ2) is 9.31. The van der Waals surface area contributed by atoms with Gasteiger partial charge in [-0.05, 0) is 81.0 Å². The van der Waals surface area contributed by atoms with Crippen LogP contribution < -0.4 is 5.56 Å². The molecule has 0 saturated carbocycles. The predicted octanol–water partition coefficient (Wildman–Crippen LogP) is 5.28. The van der Waals surface area contributed by atoms with E-state index in [1.165, 1.54) is 18.6 Å². The number of nitrogens with zero attached hydrogens (tertiary/aromatic N) is 3. The zero-order valence-electron chi connectivity index (χ0n) is 18.8. The molecule has 0 radical (unpaired) electrons. The van der Waals surface area contributed by atoms with E-state index >= 15 is 0 Å². The standard InChI is InChI=1S/C26H32FN3O/c1-4-6-25-28-24-13-10-21(20-8-11-22(27)12-9-20)15-23(24)26(31)30(25)17-19-7-5-14-29(16-19)18(2)3/h8-13,15,18-19H,4-7,14,16-17H2,1-3H3/t19-/m0/s1. The van der Waals surface area contributed by atoms with Crippen LogP contribution in [0.25, 0.3) is 22.0 Å². The average Bonchev–Trinajstić information content (AvgIpc) is 2.77. The number of aryl methyl sites for hydroxylation is 1. The Labute approximate surface area is 183 Å². The summed E-state index contributed by atoms with van der Waals surface area (Å²) in [5.41, 5.74) is 2.58. The Hall–Kier alpha value is -2.53. The number of piperidine rings is 1. The molecule has 1 atom stereocenters. The molecule has 164 valence electrons. The number of benzene rings is 2. The third-order valence-electron chi connectivity index (χ3n) is 6.41. The Bertz CT molecular complexity index is 1100. The normalized spacial score (nSPS) is 17.5. The van der Waals surface area contributed by atoms with Crippen LogP contribution in [0.3, 0.4) is 0 Å². The molecule has 0 N–H and O–H groups in total. The first-order valence-corrected chi connectivity index (χ1v) is 11.5. The Kier molecular flexibility index (Phi) is 6.51. The Morgan fingerprint density at radius 1 is 1.13 bits per heavy atom. The van der Waals surface area contributed by atoms with Crippen LogP contribution in [0.2, 0.25) is 0 Å². The zero-order valence-corrected chi connectivity index (χ0v) is 18.8. The summed E-state index contributed by atoms with van der Waals surface area (Å²) in [5.74, 6) is 1.08. The van der Waals surface area contributed by atoms with Crippen molar-refractivity contribution in [3.8, 4) is 11.1 Å². The van der Waals surface area contributed by atoms with Crippen molar-refractivity contribution in [2.45, 2.75) is 59.0 Å². The minimum atomic E-state index is -0.263. The Morgan fingerprint density at radius 3 is 2.58 bits per heavy atom. The minimum Gasteiger partial charge on any atom is -0.301 e. The van der Waals surface area contributed by atoms with Crippen LogP contribution in [0.5, 0.6) is 0 Å². The molecule has 1 aliphatic heterocycles. The fourth-order valence-electron chi connectivity index (χ4n) is 4.67. The van der Waals surface area contributed by atoms with Crippen LogP contribution in [0, 0.1) is 11.7 Å². The number of rotatable bonds is 6. The molecule has 0 amide bonds. The van der Waals surface area contributed by atoms with Crippen LogP contribution in [-0.4, -0.2) is 33.6 Å². The number of halogens is 1. The van der Waals surface area contributed by atoms with Gasteiger partial charge in [-0.15, -0.1) is 0 Å². The molecule has 4 rings (SSSR count). The van der Waals surface area contributed by atoms with Gasteiger partial charge in [-0.2, -0.15) is 0 Å². The summed E-state index contributed by atoms with van der Waals surface area (Å²) in [7, 11) is 0. The van der Waals surface area contributed by atoms with Crippen LogP contribution in [0.1, 0.15) is 45.9 Å². The summed E-state index contributed by atoms with van der Waals surface area (Å²) >= 11 is 0. The maximum absolute atomic E-state index is 13.6. The third kappa shape index (κ3) is 4.72. The van der Waals surface area contributed by atoms with Gasteiger partial charge in [0.2, 0.25) is 0 Å². The lowest BCUT2D eigenvalue weighted by Crippen LogP contribution is -2.42. The second-order valence-electron chi connectivity index (χ2n) is 9.03. The molecular formula is C26H32FN3O. The lowest BCUT2D eigenvalue weighted by molar-refractivity contribution is 0.129. The highest BCUT2D eigenvalue weighted by atomic mass is 19.1. The summed E-state index contributed by atoms with van der Waals surface area (Å²) in [5, 5.41) is 0.637. The highest BCUT2D eigenvalue weighted by Gasteiger charge is 2.23. The lowest BCUT2D eigenvalue weighted by Gasteiger charge is -2.35. The van der Waals surface area contributed by atoms with Gasteiger partial charge in [0.15, 0.2) is 0 Å². The van der Waals surface area contributed by atoms with Crippen molar-refractivity contribution in [3.05, 3.63) is 64.5 Å². The lowest BCUT2D eigenvalue weighted by atomic mass is 9.96. The van der Waals surface area contributed by atoms with Gasteiger partial charge in [0, 0.05) is 25.6 Å². The molecule has 2 aromatic carbocycles. The predicted molar refractivity (Wildman–Crippen MR) is 125 cm³/mol. The molecular weight excluding hydrogens is 389 g/mol. The molecule has 1 saturated heterocycles. The monoisotopic (exact) mass is 421 g/mol. The summed E-state index contributed by atoms with van der Waals surface area (Å²) in [6.07, 6.45) is 4.07. The third-order valence-corrected chi connectivity index (χ3v) is 6.41. The largest absolute Gasteiger partial charge is 0.301 e. The van der Waals surface area contributed by atoms with E-state index in [2.05, 4.69) is 25.7 Å². The molecule has 0 aliphatic carbocycles. The number of hydrogen-bond acceptors (Lipinski definition) is 3. The molecule has 0 spiro atoms. The van der Waals surface area contributed by atoms with Crippen molar-refractivity contribution >= 4 is 10.9 Å². The Balaban J connectivity index is 1.73. The van der Waals surface area contributed by atoms with Gasteiger partial charge >= 0.3 is 0 Å². The van der Waals surface area contributed by atoms with E-state index in [0.29, 0.717) is 17.3 Å². The highest BCUT2D eigenvalue weighted by Crippen LogP contribution is 2.24. The van der Waals surface area contributed by atoms with Crippen molar-refractivity contribution in [2.24, 2.45) is 5.92 Å². The van der Waals surface area contributed by atoms with Crippen LogP contribution in [-0.2, 0) is 13.0 Å². The number of fused-ring (bicyclic) bond motifs is 1. The number of aromatic nitrogens is 2. The SMILES string of the molecule is CCCc1nc2ccc(-c3ccc(F)cc3)cc2c(=O)n1C[C@H]1CCCN(C(C)C)C1. The molecule has 5 heteroatoms. The Morgan fingerprint density at radius 2 is 1.87 bits per heavy atom. The summed E-state index contributed by atoms with van der Waals surface area (Å²) in [4.78, 5) is 21.0. The van der Waals surface area contributed by atoms with Gasteiger partial charge in [-0.1, -0.05) is 25.1 Å². The maximum Gasteiger partial charge on any atom is 0.261 e.